The van der Waals surface area contributed by atoms with E-state index in [-0.39, 0.29) is 11.6 Å². The van der Waals surface area contributed by atoms with Crippen LogP contribution in [0.3, 0.4) is 0 Å². The number of thioether (sulfide) groups is 1. The highest BCUT2D eigenvalue weighted by molar-refractivity contribution is 7.98. The molecule has 1 aromatic heterocycles. The standard InChI is InChI=1S/C12H18N2O3S/c1-7-9(8(2)14-10(7)12(16)17)11(15)13-5-4-6-18-3/h14H,4-6H2,1-3H3,(H,13,15)(H,16,17). The first-order valence-electron chi connectivity index (χ1n) is 5.68. The topological polar surface area (TPSA) is 82.2 Å². The van der Waals surface area contributed by atoms with Crippen molar-refractivity contribution in [2.24, 2.45) is 0 Å². The van der Waals surface area contributed by atoms with Gasteiger partial charge in [0.1, 0.15) is 5.69 Å². The Bertz CT molecular complexity index is 454. The average molecular weight is 270 g/mol. The van der Waals surface area contributed by atoms with Gasteiger partial charge in [-0.15, -0.1) is 0 Å². The zero-order valence-corrected chi connectivity index (χ0v) is 11.6. The van der Waals surface area contributed by atoms with Crippen LogP contribution in [0.5, 0.6) is 0 Å². The highest BCUT2D eigenvalue weighted by Gasteiger charge is 2.20. The van der Waals surface area contributed by atoms with Gasteiger partial charge in [-0.2, -0.15) is 11.8 Å². The number of aromatic nitrogens is 1. The van der Waals surface area contributed by atoms with E-state index in [1.807, 2.05) is 6.26 Å². The van der Waals surface area contributed by atoms with Crippen molar-refractivity contribution in [1.82, 2.24) is 10.3 Å². The second-order valence-electron chi connectivity index (χ2n) is 4.03. The van der Waals surface area contributed by atoms with E-state index in [1.165, 1.54) is 0 Å². The molecular formula is C12H18N2O3S. The summed E-state index contributed by atoms with van der Waals surface area (Å²) in [7, 11) is 0. The van der Waals surface area contributed by atoms with Crippen molar-refractivity contribution < 1.29 is 14.7 Å². The Hall–Kier alpha value is -1.43. The number of carbonyl (C=O) groups excluding carboxylic acids is 1. The fourth-order valence-corrected chi connectivity index (χ4v) is 2.24. The molecule has 1 heterocycles. The molecule has 1 rings (SSSR count). The minimum absolute atomic E-state index is 0.0850. The molecule has 5 nitrogen and oxygen atoms in total. The van der Waals surface area contributed by atoms with Gasteiger partial charge in [0.15, 0.2) is 0 Å². The molecule has 0 aromatic carbocycles. The summed E-state index contributed by atoms with van der Waals surface area (Å²) < 4.78 is 0. The van der Waals surface area contributed by atoms with Gasteiger partial charge in [-0.3, -0.25) is 4.79 Å². The zero-order valence-electron chi connectivity index (χ0n) is 10.8. The lowest BCUT2D eigenvalue weighted by Gasteiger charge is -2.05. The predicted molar refractivity (Wildman–Crippen MR) is 72.6 cm³/mol. The Balaban J connectivity index is 2.77. The summed E-state index contributed by atoms with van der Waals surface area (Å²) in [4.78, 5) is 25.6. The van der Waals surface area contributed by atoms with Crippen LogP contribution in [-0.2, 0) is 0 Å². The van der Waals surface area contributed by atoms with Crippen LogP contribution in [0.2, 0.25) is 0 Å². The van der Waals surface area contributed by atoms with Crippen molar-refractivity contribution >= 4 is 23.6 Å². The van der Waals surface area contributed by atoms with Crippen LogP contribution in [0.1, 0.15) is 38.5 Å². The van der Waals surface area contributed by atoms with Crippen LogP contribution in [-0.4, -0.2) is 40.5 Å². The third-order valence-corrected chi connectivity index (χ3v) is 3.39. The first kappa shape index (κ1) is 14.6. The molecule has 3 N–H and O–H groups in total. The molecule has 0 radical (unpaired) electrons. The van der Waals surface area contributed by atoms with Gasteiger partial charge in [-0.05, 0) is 37.8 Å². The van der Waals surface area contributed by atoms with Gasteiger partial charge >= 0.3 is 5.97 Å². The van der Waals surface area contributed by atoms with Gasteiger partial charge in [0.05, 0.1) is 5.56 Å². The molecule has 0 spiro atoms. The van der Waals surface area contributed by atoms with E-state index >= 15 is 0 Å². The highest BCUT2D eigenvalue weighted by atomic mass is 32.2. The second-order valence-corrected chi connectivity index (χ2v) is 5.02. The number of hydrogen-bond acceptors (Lipinski definition) is 3. The molecule has 0 bridgehead atoms. The molecule has 1 amide bonds. The number of H-pyrrole nitrogens is 1. The maximum Gasteiger partial charge on any atom is 0.352 e. The van der Waals surface area contributed by atoms with Gasteiger partial charge in [0, 0.05) is 12.2 Å². The minimum atomic E-state index is -1.04. The van der Waals surface area contributed by atoms with E-state index in [0.29, 0.717) is 23.4 Å². The highest BCUT2D eigenvalue weighted by Crippen LogP contribution is 2.17. The fraction of sp³-hybridized carbons (Fsp3) is 0.500. The average Bonchev–Trinajstić information content (AvgIpc) is 2.60. The van der Waals surface area contributed by atoms with E-state index in [9.17, 15) is 9.59 Å². The van der Waals surface area contributed by atoms with Crippen molar-refractivity contribution in [1.29, 1.82) is 0 Å². The number of aromatic carboxylic acids is 1. The smallest absolute Gasteiger partial charge is 0.352 e. The normalized spacial score (nSPS) is 10.4. The first-order valence-corrected chi connectivity index (χ1v) is 7.08. The number of carboxylic acids is 1. The zero-order chi connectivity index (χ0) is 13.7. The number of aryl methyl sites for hydroxylation is 1. The molecule has 100 valence electrons. The summed E-state index contributed by atoms with van der Waals surface area (Å²) in [6.45, 7) is 3.95. The van der Waals surface area contributed by atoms with Crippen LogP contribution in [0.4, 0.5) is 0 Å². The van der Waals surface area contributed by atoms with E-state index in [2.05, 4.69) is 10.3 Å². The van der Waals surface area contributed by atoms with Crippen molar-refractivity contribution in [3.8, 4) is 0 Å². The molecular weight excluding hydrogens is 252 g/mol. The summed E-state index contributed by atoms with van der Waals surface area (Å²) in [5.74, 6) is -0.266. The monoisotopic (exact) mass is 270 g/mol. The lowest BCUT2D eigenvalue weighted by atomic mass is 10.1. The molecule has 1 aromatic rings. The largest absolute Gasteiger partial charge is 0.477 e. The van der Waals surface area contributed by atoms with Gasteiger partial charge in [0.25, 0.3) is 5.91 Å². The molecule has 0 aliphatic heterocycles. The number of amides is 1. The maximum absolute atomic E-state index is 12.0. The van der Waals surface area contributed by atoms with E-state index in [4.69, 9.17) is 5.11 Å². The number of hydrogen-bond donors (Lipinski definition) is 3. The van der Waals surface area contributed by atoms with Crippen LogP contribution in [0, 0.1) is 13.8 Å². The summed E-state index contributed by atoms with van der Waals surface area (Å²) in [6, 6.07) is 0. The van der Waals surface area contributed by atoms with Gasteiger partial charge in [-0.1, -0.05) is 0 Å². The second kappa shape index (κ2) is 6.49. The van der Waals surface area contributed by atoms with Gasteiger partial charge in [-0.25, -0.2) is 4.79 Å². The molecule has 0 aliphatic rings. The number of carbonyl (C=O) groups is 2. The van der Waals surface area contributed by atoms with E-state index in [1.54, 1.807) is 25.6 Å². The molecule has 0 fully saturated rings. The fourth-order valence-electron chi connectivity index (χ4n) is 1.81. The summed E-state index contributed by atoms with van der Waals surface area (Å²) in [6.07, 6.45) is 2.92. The lowest BCUT2D eigenvalue weighted by molar-refractivity contribution is 0.0690. The molecule has 18 heavy (non-hydrogen) atoms. The molecule has 0 atom stereocenters. The number of rotatable bonds is 6. The summed E-state index contributed by atoms with van der Waals surface area (Å²) in [5.41, 5.74) is 1.60. The van der Waals surface area contributed by atoms with Crippen molar-refractivity contribution in [2.75, 3.05) is 18.6 Å². The minimum Gasteiger partial charge on any atom is -0.477 e. The van der Waals surface area contributed by atoms with Crippen molar-refractivity contribution in [3.63, 3.8) is 0 Å². The first-order chi connectivity index (χ1) is 8.49. The molecule has 0 saturated carbocycles. The van der Waals surface area contributed by atoms with Crippen LogP contribution < -0.4 is 5.32 Å². The summed E-state index contributed by atoms with van der Waals surface area (Å²) in [5, 5.41) is 11.8. The number of aromatic amines is 1. The molecule has 0 aliphatic carbocycles. The number of nitrogens with one attached hydrogen (secondary N) is 2. The Morgan fingerprint density at radius 2 is 2.06 bits per heavy atom. The van der Waals surface area contributed by atoms with E-state index in [0.717, 1.165) is 12.2 Å². The maximum atomic E-state index is 12.0. The third kappa shape index (κ3) is 3.29. The Kier molecular flexibility index (Phi) is 5.27. The van der Waals surface area contributed by atoms with Crippen LogP contribution >= 0.6 is 11.8 Å². The van der Waals surface area contributed by atoms with Crippen molar-refractivity contribution in [3.05, 3.63) is 22.5 Å². The predicted octanol–water partition coefficient (Wildman–Crippen LogP) is 1.81. The molecule has 0 saturated heterocycles. The van der Waals surface area contributed by atoms with Gasteiger partial charge < -0.3 is 15.4 Å². The quantitative estimate of drug-likeness (QED) is 0.689. The Morgan fingerprint density at radius 1 is 1.39 bits per heavy atom. The SMILES string of the molecule is CSCCCNC(=O)c1c(C)[nH]c(C(=O)O)c1C. The molecule has 0 unspecified atom stereocenters. The summed E-state index contributed by atoms with van der Waals surface area (Å²) >= 11 is 1.73. The van der Waals surface area contributed by atoms with E-state index < -0.39 is 5.97 Å². The Labute approximate surface area is 110 Å². The van der Waals surface area contributed by atoms with Crippen LogP contribution in [0.25, 0.3) is 0 Å². The Morgan fingerprint density at radius 3 is 2.56 bits per heavy atom. The van der Waals surface area contributed by atoms with Gasteiger partial charge in [0.2, 0.25) is 0 Å². The lowest BCUT2D eigenvalue weighted by Crippen LogP contribution is -2.25. The molecule has 6 heteroatoms. The van der Waals surface area contributed by atoms with Crippen LogP contribution in [0.15, 0.2) is 0 Å². The number of carboxylic acid groups (broad SMARTS) is 1. The third-order valence-electron chi connectivity index (χ3n) is 2.69. The van der Waals surface area contributed by atoms with Crippen molar-refractivity contribution in [2.45, 2.75) is 20.3 Å².